The van der Waals surface area contributed by atoms with E-state index in [1.54, 1.807) is 24.3 Å². The Bertz CT molecular complexity index is 941. The molecule has 0 radical (unpaired) electrons. The third-order valence-electron chi connectivity index (χ3n) is 6.21. The normalized spacial score (nSPS) is 19.0. The Morgan fingerprint density at radius 2 is 1.50 bits per heavy atom. The minimum absolute atomic E-state index is 0.0263. The molecule has 2 aromatic rings. The summed E-state index contributed by atoms with van der Waals surface area (Å²) in [6.45, 7) is 5.82. The second kappa shape index (κ2) is 11.5. The maximum Gasteiger partial charge on any atom is 0.317 e. The number of hydrogen-bond acceptors (Lipinski definition) is 3. The van der Waals surface area contributed by atoms with Gasteiger partial charge in [-0.25, -0.2) is 17.9 Å². The van der Waals surface area contributed by atoms with Crippen LogP contribution >= 0.6 is 0 Å². The minimum Gasteiger partial charge on any atom is -0.334 e. The number of carbonyl (C=O) groups is 1. The van der Waals surface area contributed by atoms with Crippen LogP contribution in [0.15, 0.2) is 65.6 Å². The predicted molar refractivity (Wildman–Crippen MR) is 128 cm³/mol. The van der Waals surface area contributed by atoms with Gasteiger partial charge in [0.2, 0.25) is 10.0 Å². The zero-order chi connectivity index (χ0) is 23.0. The highest BCUT2D eigenvalue weighted by Gasteiger charge is 2.27. The Balaban J connectivity index is 1.44. The van der Waals surface area contributed by atoms with Crippen molar-refractivity contribution in [3.8, 4) is 0 Å². The third kappa shape index (κ3) is 7.07. The summed E-state index contributed by atoms with van der Waals surface area (Å²) in [5.74, 6) is 0.783. The van der Waals surface area contributed by atoms with Crippen molar-refractivity contribution in [3.63, 3.8) is 0 Å². The van der Waals surface area contributed by atoms with Gasteiger partial charge in [0.25, 0.3) is 0 Å². The van der Waals surface area contributed by atoms with Crippen molar-refractivity contribution in [3.05, 3.63) is 66.2 Å². The fourth-order valence-corrected chi connectivity index (χ4v) is 5.35. The number of nitrogens with one attached hydrogen (secondary N) is 2. The van der Waals surface area contributed by atoms with E-state index >= 15 is 0 Å². The van der Waals surface area contributed by atoms with Gasteiger partial charge in [0, 0.05) is 25.7 Å². The van der Waals surface area contributed by atoms with E-state index in [4.69, 9.17) is 0 Å². The lowest BCUT2D eigenvalue weighted by molar-refractivity contribution is 0.153. The van der Waals surface area contributed by atoms with Crippen molar-refractivity contribution >= 4 is 16.1 Å². The van der Waals surface area contributed by atoms with E-state index in [9.17, 15) is 13.2 Å². The monoisotopic (exact) mass is 457 g/mol. The molecule has 0 atom stereocenters. The number of urea groups is 1. The highest BCUT2D eigenvalue weighted by Crippen LogP contribution is 2.29. The van der Waals surface area contributed by atoms with Crippen molar-refractivity contribution in [1.82, 2.24) is 14.9 Å². The van der Waals surface area contributed by atoms with Crippen LogP contribution in [0.2, 0.25) is 0 Å². The standard InChI is InChI=1S/C25H35N3O3S/c1-20(2)28(25(29)26-17-21-9-5-3-6-10-21)19-23-15-13-22(14-16-23)18-27-32(30,31)24-11-7-4-8-12-24/h3-12,20,22-23,27H,13-19H2,1-2H3,(H,26,29)/t22-,23-. The minimum atomic E-state index is -3.46. The van der Waals surface area contributed by atoms with Crippen LogP contribution in [0.4, 0.5) is 4.79 Å². The van der Waals surface area contributed by atoms with E-state index in [1.165, 1.54) is 0 Å². The Hall–Kier alpha value is -2.38. The first-order valence-corrected chi connectivity index (χ1v) is 13.0. The van der Waals surface area contributed by atoms with Gasteiger partial charge >= 0.3 is 6.03 Å². The zero-order valence-corrected chi connectivity index (χ0v) is 19.9. The van der Waals surface area contributed by atoms with Gasteiger partial charge in [0.05, 0.1) is 4.90 Å². The Morgan fingerprint density at radius 1 is 0.938 bits per heavy atom. The van der Waals surface area contributed by atoms with Crippen LogP contribution in [-0.4, -0.2) is 38.5 Å². The van der Waals surface area contributed by atoms with Crippen LogP contribution in [0, 0.1) is 11.8 Å². The lowest BCUT2D eigenvalue weighted by Gasteiger charge is -2.34. The quantitative estimate of drug-likeness (QED) is 0.586. The van der Waals surface area contributed by atoms with Crippen LogP contribution in [-0.2, 0) is 16.6 Å². The van der Waals surface area contributed by atoms with E-state index in [1.807, 2.05) is 55.1 Å². The molecule has 7 heteroatoms. The first-order chi connectivity index (χ1) is 15.3. The maximum atomic E-state index is 12.8. The molecule has 0 unspecified atom stereocenters. The molecule has 0 heterocycles. The molecule has 3 rings (SSSR count). The number of carbonyl (C=O) groups excluding carboxylic acids is 1. The van der Waals surface area contributed by atoms with Crippen molar-refractivity contribution in [2.75, 3.05) is 13.1 Å². The zero-order valence-electron chi connectivity index (χ0n) is 19.0. The van der Waals surface area contributed by atoms with Gasteiger partial charge in [0.1, 0.15) is 0 Å². The number of nitrogens with zero attached hydrogens (tertiary/aromatic N) is 1. The van der Waals surface area contributed by atoms with Gasteiger partial charge in [0.15, 0.2) is 0 Å². The van der Waals surface area contributed by atoms with Gasteiger partial charge in [-0.3, -0.25) is 0 Å². The van der Waals surface area contributed by atoms with Crippen LogP contribution in [0.25, 0.3) is 0 Å². The first kappa shape index (κ1) is 24.3. The number of benzene rings is 2. The molecule has 0 saturated heterocycles. The van der Waals surface area contributed by atoms with E-state index in [0.29, 0.717) is 29.8 Å². The lowest BCUT2D eigenvalue weighted by atomic mass is 9.82. The topological polar surface area (TPSA) is 78.5 Å². The molecule has 6 nitrogen and oxygen atoms in total. The number of amides is 2. The largest absolute Gasteiger partial charge is 0.334 e. The van der Waals surface area contributed by atoms with Gasteiger partial charge in [-0.2, -0.15) is 0 Å². The number of hydrogen-bond donors (Lipinski definition) is 2. The van der Waals surface area contributed by atoms with Crippen LogP contribution in [0.5, 0.6) is 0 Å². The molecule has 0 aromatic heterocycles. The van der Waals surface area contributed by atoms with E-state index < -0.39 is 10.0 Å². The van der Waals surface area contributed by atoms with E-state index in [0.717, 1.165) is 37.8 Å². The van der Waals surface area contributed by atoms with Gasteiger partial charge < -0.3 is 10.2 Å². The maximum absolute atomic E-state index is 12.8. The Morgan fingerprint density at radius 3 is 2.09 bits per heavy atom. The van der Waals surface area contributed by atoms with Gasteiger partial charge in [-0.05, 0) is 69.1 Å². The summed E-state index contributed by atoms with van der Waals surface area (Å²) >= 11 is 0. The fourth-order valence-electron chi connectivity index (χ4n) is 4.21. The van der Waals surface area contributed by atoms with Gasteiger partial charge in [-0.15, -0.1) is 0 Å². The molecule has 1 aliphatic rings. The molecular formula is C25H35N3O3S. The Kier molecular flexibility index (Phi) is 8.70. The SMILES string of the molecule is CC(C)N(C[C@H]1CC[C@H](CNS(=O)(=O)c2ccccc2)CC1)C(=O)NCc1ccccc1. The second-order valence-corrected chi connectivity index (χ2v) is 10.7. The van der Waals surface area contributed by atoms with E-state index in [-0.39, 0.29) is 12.1 Å². The fraction of sp³-hybridized carbons (Fsp3) is 0.480. The molecule has 174 valence electrons. The van der Waals surface area contributed by atoms with Crippen molar-refractivity contribution in [1.29, 1.82) is 0 Å². The molecule has 2 amide bonds. The summed E-state index contributed by atoms with van der Waals surface area (Å²) in [6.07, 6.45) is 3.96. The average Bonchev–Trinajstić information content (AvgIpc) is 2.81. The average molecular weight is 458 g/mol. The second-order valence-electron chi connectivity index (χ2n) is 8.94. The van der Waals surface area contributed by atoms with Crippen molar-refractivity contribution < 1.29 is 13.2 Å². The molecule has 0 aliphatic heterocycles. The van der Waals surface area contributed by atoms with Gasteiger partial charge in [-0.1, -0.05) is 48.5 Å². The molecule has 32 heavy (non-hydrogen) atoms. The molecule has 2 aromatic carbocycles. The summed E-state index contributed by atoms with van der Waals surface area (Å²) in [5, 5.41) is 3.04. The summed E-state index contributed by atoms with van der Waals surface area (Å²) in [6, 6.07) is 18.5. The molecule has 0 spiro atoms. The Labute approximate surface area is 192 Å². The summed E-state index contributed by atoms with van der Waals surface area (Å²) in [4.78, 5) is 15.0. The molecule has 2 N–H and O–H groups in total. The number of rotatable bonds is 9. The molecular weight excluding hydrogens is 422 g/mol. The number of sulfonamides is 1. The molecule has 0 bridgehead atoms. The summed E-state index contributed by atoms with van der Waals surface area (Å²) in [5.41, 5.74) is 1.09. The predicted octanol–water partition coefficient (Wildman–Crippen LogP) is 4.39. The lowest BCUT2D eigenvalue weighted by Crippen LogP contribution is -2.46. The first-order valence-electron chi connectivity index (χ1n) is 11.5. The van der Waals surface area contributed by atoms with Crippen LogP contribution < -0.4 is 10.0 Å². The van der Waals surface area contributed by atoms with Crippen molar-refractivity contribution in [2.24, 2.45) is 11.8 Å². The van der Waals surface area contributed by atoms with Crippen LogP contribution in [0.3, 0.4) is 0 Å². The smallest absolute Gasteiger partial charge is 0.317 e. The highest BCUT2D eigenvalue weighted by atomic mass is 32.2. The highest BCUT2D eigenvalue weighted by molar-refractivity contribution is 7.89. The molecule has 1 saturated carbocycles. The summed E-state index contributed by atoms with van der Waals surface area (Å²) in [7, 11) is -3.46. The molecule has 1 aliphatic carbocycles. The third-order valence-corrected chi connectivity index (χ3v) is 7.65. The molecule has 1 fully saturated rings. The van der Waals surface area contributed by atoms with Crippen LogP contribution in [0.1, 0.15) is 45.1 Å². The summed E-state index contributed by atoms with van der Waals surface area (Å²) < 4.78 is 27.6. The van der Waals surface area contributed by atoms with E-state index in [2.05, 4.69) is 10.0 Å². The van der Waals surface area contributed by atoms with Crippen molar-refractivity contribution in [2.45, 2.75) is 57.0 Å².